The van der Waals surface area contributed by atoms with E-state index in [1.807, 2.05) is 0 Å². The predicted molar refractivity (Wildman–Crippen MR) is 32.2 cm³/mol. The number of hydrogen-bond donors (Lipinski definition) is 0. The van der Waals surface area contributed by atoms with Crippen LogP contribution in [-0.2, 0) is 14.3 Å². The fourth-order valence-corrected chi connectivity index (χ4v) is 1.66. The molecule has 1 saturated carbocycles. The van der Waals surface area contributed by atoms with Crippen LogP contribution in [0.5, 0.6) is 0 Å². The number of rotatable bonds is 1. The largest absolute Gasteiger partial charge is 0.465 e. The molecule has 1 heterocycles. The third-order valence-electron chi connectivity index (χ3n) is 2.51. The number of cyclic esters (lactones) is 1. The second kappa shape index (κ2) is 1.41. The Morgan fingerprint density at radius 1 is 1.80 bits per heavy atom. The number of carbonyl (C=O) groups is 2. The molecule has 3 nitrogen and oxygen atoms in total. The Morgan fingerprint density at radius 3 is 2.70 bits per heavy atom. The Hall–Kier alpha value is -0.860. The van der Waals surface area contributed by atoms with E-state index in [9.17, 15) is 9.59 Å². The summed E-state index contributed by atoms with van der Waals surface area (Å²) in [7, 11) is 0. The third-order valence-corrected chi connectivity index (χ3v) is 2.51. The molecule has 1 aliphatic heterocycles. The van der Waals surface area contributed by atoms with E-state index < -0.39 is 5.41 Å². The smallest absolute Gasteiger partial charge is 0.320 e. The maximum atomic E-state index is 10.9. The molecule has 54 valence electrons. The second-order valence-electron chi connectivity index (χ2n) is 3.03. The number of ether oxygens (including phenoxy) is 1. The van der Waals surface area contributed by atoms with Gasteiger partial charge in [-0.15, -0.1) is 0 Å². The summed E-state index contributed by atoms with van der Waals surface area (Å²) >= 11 is 0. The van der Waals surface area contributed by atoms with E-state index in [2.05, 4.69) is 0 Å². The summed E-state index contributed by atoms with van der Waals surface area (Å²) in [6, 6.07) is 0. The maximum Gasteiger partial charge on any atom is 0.320 e. The molecule has 2 atom stereocenters. The van der Waals surface area contributed by atoms with Gasteiger partial charge >= 0.3 is 5.97 Å². The lowest BCUT2D eigenvalue weighted by Gasteiger charge is -2.01. The number of Topliss-reactive ketones (excluding diaryl/α,β-unsaturated/α-hetero) is 1. The van der Waals surface area contributed by atoms with Crippen molar-refractivity contribution in [2.75, 3.05) is 6.61 Å². The Morgan fingerprint density at radius 2 is 2.50 bits per heavy atom. The quantitative estimate of drug-likeness (QED) is 0.384. The Labute approximate surface area is 58.4 Å². The van der Waals surface area contributed by atoms with Crippen molar-refractivity contribution in [1.82, 2.24) is 0 Å². The summed E-state index contributed by atoms with van der Waals surface area (Å²) in [6.07, 6.45) is 0.723. The first-order chi connectivity index (χ1) is 4.68. The van der Waals surface area contributed by atoms with Crippen molar-refractivity contribution >= 4 is 11.8 Å². The number of esters is 1. The highest BCUT2D eigenvalue weighted by molar-refractivity contribution is 6.07. The Balaban J connectivity index is 2.33. The fraction of sp³-hybridized carbons (Fsp3) is 0.714. The number of hydrogen-bond acceptors (Lipinski definition) is 3. The molecule has 1 aliphatic carbocycles. The van der Waals surface area contributed by atoms with Crippen LogP contribution in [0.2, 0.25) is 0 Å². The van der Waals surface area contributed by atoms with Crippen molar-refractivity contribution < 1.29 is 14.3 Å². The van der Waals surface area contributed by atoms with Gasteiger partial charge in [0.15, 0.2) is 0 Å². The van der Waals surface area contributed by atoms with Crippen LogP contribution in [-0.4, -0.2) is 18.4 Å². The minimum absolute atomic E-state index is 0.0278. The first kappa shape index (κ1) is 5.89. The third kappa shape index (κ3) is 0.426. The van der Waals surface area contributed by atoms with E-state index in [1.54, 1.807) is 0 Å². The van der Waals surface area contributed by atoms with Crippen LogP contribution in [0.4, 0.5) is 0 Å². The molecular formula is C7H8O3. The van der Waals surface area contributed by atoms with E-state index in [1.165, 1.54) is 6.92 Å². The molecule has 0 aromatic heterocycles. The molecule has 10 heavy (non-hydrogen) atoms. The molecule has 1 saturated heterocycles. The van der Waals surface area contributed by atoms with Crippen molar-refractivity contribution in [3.8, 4) is 0 Å². The number of carbonyl (C=O) groups excluding carboxylic acids is 2. The molecular weight excluding hydrogens is 132 g/mol. The molecule has 0 spiro atoms. The van der Waals surface area contributed by atoms with Crippen LogP contribution in [0.3, 0.4) is 0 Å². The zero-order chi connectivity index (χ0) is 7.35. The molecule has 0 aromatic carbocycles. The summed E-state index contributed by atoms with van der Waals surface area (Å²) in [6.45, 7) is 1.92. The monoisotopic (exact) mass is 140 g/mol. The van der Waals surface area contributed by atoms with E-state index in [0.717, 1.165) is 6.42 Å². The first-order valence-corrected chi connectivity index (χ1v) is 3.36. The van der Waals surface area contributed by atoms with Gasteiger partial charge in [0.05, 0.1) is 6.61 Å². The van der Waals surface area contributed by atoms with Gasteiger partial charge in [0.25, 0.3) is 0 Å². The average Bonchev–Trinajstić information content (AvgIpc) is 2.52. The highest BCUT2D eigenvalue weighted by atomic mass is 16.5. The van der Waals surface area contributed by atoms with Gasteiger partial charge in [-0.2, -0.15) is 0 Å². The van der Waals surface area contributed by atoms with Crippen molar-refractivity contribution in [1.29, 1.82) is 0 Å². The standard InChI is InChI=1S/C7H8O3/c1-4(8)7-2-5(7)3-10-6(7)9/h5H,2-3H2,1H3. The summed E-state index contributed by atoms with van der Waals surface area (Å²) in [4.78, 5) is 21.9. The van der Waals surface area contributed by atoms with Gasteiger partial charge in [-0.3, -0.25) is 9.59 Å². The summed E-state index contributed by atoms with van der Waals surface area (Å²) < 4.78 is 4.72. The molecule has 0 aromatic rings. The summed E-state index contributed by atoms with van der Waals surface area (Å²) in [5, 5.41) is 0. The predicted octanol–water partition coefficient (Wildman–Crippen LogP) is 0.139. The van der Waals surface area contributed by atoms with Gasteiger partial charge < -0.3 is 4.74 Å². The van der Waals surface area contributed by atoms with Gasteiger partial charge in [-0.05, 0) is 13.3 Å². The molecule has 0 bridgehead atoms. The zero-order valence-electron chi connectivity index (χ0n) is 5.72. The van der Waals surface area contributed by atoms with E-state index in [0.29, 0.717) is 6.61 Å². The van der Waals surface area contributed by atoms with Crippen LogP contribution >= 0.6 is 0 Å². The molecule has 0 amide bonds. The Kier molecular flexibility index (Phi) is 0.832. The lowest BCUT2D eigenvalue weighted by Crippen LogP contribution is -2.21. The average molecular weight is 140 g/mol. The van der Waals surface area contributed by atoms with Crippen LogP contribution in [0.25, 0.3) is 0 Å². The van der Waals surface area contributed by atoms with Crippen molar-refractivity contribution in [2.45, 2.75) is 13.3 Å². The minimum Gasteiger partial charge on any atom is -0.465 e. The van der Waals surface area contributed by atoms with E-state index >= 15 is 0 Å². The molecule has 0 N–H and O–H groups in total. The molecule has 2 unspecified atom stereocenters. The SMILES string of the molecule is CC(=O)C12CC1COC2=O. The van der Waals surface area contributed by atoms with Gasteiger partial charge in [-0.25, -0.2) is 0 Å². The van der Waals surface area contributed by atoms with E-state index in [-0.39, 0.29) is 17.7 Å². The van der Waals surface area contributed by atoms with Crippen LogP contribution < -0.4 is 0 Å². The topological polar surface area (TPSA) is 43.4 Å². The Bertz CT molecular complexity index is 221. The van der Waals surface area contributed by atoms with Gasteiger partial charge in [0, 0.05) is 5.92 Å². The van der Waals surface area contributed by atoms with Gasteiger partial charge in [-0.1, -0.05) is 0 Å². The van der Waals surface area contributed by atoms with Crippen LogP contribution in [0.15, 0.2) is 0 Å². The lowest BCUT2D eigenvalue weighted by atomic mass is 10.0. The molecule has 2 rings (SSSR count). The molecule has 3 heteroatoms. The van der Waals surface area contributed by atoms with Crippen molar-refractivity contribution in [3.63, 3.8) is 0 Å². The van der Waals surface area contributed by atoms with Crippen LogP contribution in [0, 0.1) is 11.3 Å². The normalized spacial score (nSPS) is 42.5. The number of fused-ring (bicyclic) bond motifs is 1. The second-order valence-corrected chi connectivity index (χ2v) is 3.03. The lowest BCUT2D eigenvalue weighted by molar-refractivity contribution is -0.148. The van der Waals surface area contributed by atoms with E-state index in [4.69, 9.17) is 4.74 Å². The van der Waals surface area contributed by atoms with Gasteiger partial charge in [0.2, 0.25) is 0 Å². The highest BCUT2D eigenvalue weighted by Gasteiger charge is 2.69. The van der Waals surface area contributed by atoms with Crippen molar-refractivity contribution in [2.24, 2.45) is 11.3 Å². The fourth-order valence-electron chi connectivity index (χ4n) is 1.66. The minimum atomic E-state index is -0.681. The number of ketones is 1. The summed E-state index contributed by atoms with van der Waals surface area (Å²) in [5.74, 6) is -0.123. The van der Waals surface area contributed by atoms with Crippen molar-refractivity contribution in [3.05, 3.63) is 0 Å². The molecule has 2 fully saturated rings. The highest BCUT2D eigenvalue weighted by Crippen LogP contribution is 2.58. The summed E-state index contributed by atoms with van der Waals surface area (Å²) in [5.41, 5.74) is -0.681. The first-order valence-electron chi connectivity index (χ1n) is 3.36. The molecule has 2 aliphatic rings. The van der Waals surface area contributed by atoms with Crippen LogP contribution in [0.1, 0.15) is 13.3 Å². The van der Waals surface area contributed by atoms with Gasteiger partial charge in [0.1, 0.15) is 11.2 Å². The zero-order valence-corrected chi connectivity index (χ0v) is 5.72. The molecule has 0 radical (unpaired) electrons. The maximum absolute atomic E-state index is 10.9.